The fourth-order valence-electron chi connectivity index (χ4n) is 2.01. The maximum Gasteiger partial charge on any atom is 0.230 e. The smallest absolute Gasteiger partial charge is 0.230 e. The number of aromatic nitrogens is 1. The van der Waals surface area contributed by atoms with Crippen LogP contribution in [0, 0.1) is 5.41 Å². The molecule has 0 saturated heterocycles. The maximum atomic E-state index is 12.3. The highest BCUT2D eigenvalue weighted by atomic mass is 16.2. The van der Waals surface area contributed by atoms with Crippen LogP contribution in [0.1, 0.15) is 25.5 Å². The zero-order chi connectivity index (χ0) is 12.3. The van der Waals surface area contributed by atoms with E-state index in [1.54, 1.807) is 6.20 Å². The third-order valence-corrected chi connectivity index (χ3v) is 3.45. The number of carbonyl (C=O) groups excluding carboxylic acids is 1. The molecule has 1 aliphatic carbocycles. The first-order valence-electron chi connectivity index (χ1n) is 6.11. The number of rotatable bonds is 5. The van der Waals surface area contributed by atoms with Crippen LogP contribution in [-0.2, 0) is 11.3 Å². The third kappa shape index (κ3) is 2.47. The van der Waals surface area contributed by atoms with E-state index < -0.39 is 0 Å². The number of amides is 1. The minimum Gasteiger partial charge on any atom is -0.337 e. The van der Waals surface area contributed by atoms with Crippen molar-refractivity contribution in [1.82, 2.24) is 9.88 Å². The molecule has 0 aliphatic heterocycles. The van der Waals surface area contributed by atoms with Gasteiger partial charge in [-0.1, -0.05) is 6.07 Å². The van der Waals surface area contributed by atoms with E-state index in [1.807, 2.05) is 30.0 Å². The summed E-state index contributed by atoms with van der Waals surface area (Å²) in [6, 6.07) is 5.76. The molecular formula is C13H19N3O. The van der Waals surface area contributed by atoms with Gasteiger partial charge >= 0.3 is 0 Å². The Hall–Kier alpha value is -1.42. The van der Waals surface area contributed by atoms with Gasteiger partial charge in [-0.25, -0.2) is 0 Å². The summed E-state index contributed by atoms with van der Waals surface area (Å²) in [6.07, 6.45) is 3.62. The van der Waals surface area contributed by atoms with E-state index in [4.69, 9.17) is 5.73 Å². The van der Waals surface area contributed by atoms with Crippen LogP contribution in [0.2, 0.25) is 0 Å². The normalized spacial score (nSPS) is 16.6. The van der Waals surface area contributed by atoms with Crippen LogP contribution in [0.25, 0.3) is 0 Å². The minimum absolute atomic E-state index is 0.188. The Morgan fingerprint density at radius 3 is 2.76 bits per heavy atom. The number of carbonyl (C=O) groups is 1. The molecule has 1 aliphatic rings. The third-order valence-electron chi connectivity index (χ3n) is 3.45. The summed E-state index contributed by atoms with van der Waals surface area (Å²) in [4.78, 5) is 18.4. The van der Waals surface area contributed by atoms with Gasteiger partial charge in [0.2, 0.25) is 5.91 Å². The SMILES string of the molecule is CCN(Cc1ccccn1)C(=O)C1(CN)CC1. The zero-order valence-corrected chi connectivity index (χ0v) is 10.2. The standard InChI is InChI=1S/C13H19N3O/c1-2-16(9-11-5-3-4-8-15-11)12(17)13(10-14)6-7-13/h3-5,8H,2,6-7,9-10,14H2,1H3. The van der Waals surface area contributed by atoms with Crippen molar-refractivity contribution in [3.05, 3.63) is 30.1 Å². The Kier molecular flexibility index (Phi) is 3.43. The minimum atomic E-state index is -0.259. The summed E-state index contributed by atoms with van der Waals surface area (Å²) < 4.78 is 0. The second-order valence-electron chi connectivity index (χ2n) is 4.62. The molecule has 1 aromatic rings. The molecule has 0 radical (unpaired) electrons. The van der Waals surface area contributed by atoms with Gasteiger partial charge in [0.25, 0.3) is 0 Å². The van der Waals surface area contributed by atoms with E-state index in [9.17, 15) is 4.79 Å². The summed E-state index contributed by atoms with van der Waals surface area (Å²) in [5.74, 6) is 0.188. The zero-order valence-electron chi connectivity index (χ0n) is 10.2. The van der Waals surface area contributed by atoms with Gasteiger partial charge in [0, 0.05) is 19.3 Å². The highest BCUT2D eigenvalue weighted by Crippen LogP contribution is 2.46. The second-order valence-corrected chi connectivity index (χ2v) is 4.62. The fraction of sp³-hybridized carbons (Fsp3) is 0.538. The molecule has 17 heavy (non-hydrogen) atoms. The van der Waals surface area contributed by atoms with E-state index in [0.717, 1.165) is 18.5 Å². The van der Waals surface area contributed by atoms with Gasteiger partial charge < -0.3 is 10.6 Å². The fourth-order valence-corrected chi connectivity index (χ4v) is 2.01. The van der Waals surface area contributed by atoms with Crippen LogP contribution in [-0.4, -0.2) is 28.9 Å². The van der Waals surface area contributed by atoms with Crippen LogP contribution in [0.15, 0.2) is 24.4 Å². The van der Waals surface area contributed by atoms with Gasteiger partial charge in [0.1, 0.15) is 0 Å². The highest BCUT2D eigenvalue weighted by molar-refractivity contribution is 5.85. The van der Waals surface area contributed by atoms with E-state index in [1.165, 1.54) is 0 Å². The molecule has 0 atom stereocenters. The first-order valence-corrected chi connectivity index (χ1v) is 6.11. The lowest BCUT2D eigenvalue weighted by Gasteiger charge is -2.25. The Bertz CT molecular complexity index is 387. The summed E-state index contributed by atoms with van der Waals surface area (Å²) in [5.41, 5.74) is 6.36. The van der Waals surface area contributed by atoms with Crippen molar-refractivity contribution in [2.24, 2.45) is 11.1 Å². The van der Waals surface area contributed by atoms with Crippen molar-refractivity contribution in [2.45, 2.75) is 26.3 Å². The van der Waals surface area contributed by atoms with Gasteiger partial charge in [-0.15, -0.1) is 0 Å². The number of pyridine rings is 1. The summed E-state index contributed by atoms with van der Waals surface area (Å²) in [7, 11) is 0. The lowest BCUT2D eigenvalue weighted by Crippen LogP contribution is -2.40. The average molecular weight is 233 g/mol. The molecule has 0 unspecified atom stereocenters. The largest absolute Gasteiger partial charge is 0.337 e. The van der Waals surface area contributed by atoms with Crippen molar-refractivity contribution >= 4 is 5.91 Å². The van der Waals surface area contributed by atoms with Crippen molar-refractivity contribution < 1.29 is 4.79 Å². The Labute approximate surface area is 102 Å². The van der Waals surface area contributed by atoms with E-state index in [-0.39, 0.29) is 11.3 Å². The molecule has 4 heteroatoms. The molecule has 0 spiro atoms. The highest BCUT2D eigenvalue weighted by Gasteiger charge is 2.50. The molecule has 2 N–H and O–H groups in total. The van der Waals surface area contributed by atoms with E-state index in [2.05, 4.69) is 4.98 Å². The molecule has 2 rings (SSSR count). The molecule has 1 heterocycles. The Morgan fingerprint density at radius 1 is 1.53 bits per heavy atom. The molecule has 4 nitrogen and oxygen atoms in total. The van der Waals surface area contributed by atoms with Gasteiger partial charge in [0.15, 0.2) is 0 Å². The van der Waals surface area contributed by atoms with Crippen LogP contribution in [0.3, 0.4) is 0 Å². The number of nitrogens with zero attached hydrogens (tertiary/aromatic N) is 2. The van der Waals surface area contributed by atoms with Crippen molar-refractivity contribution in [1.29, 1.82) is 0 Å². The average Bonchev–Trinajstić information content (AvgIpc) is 3.17. The quantitative estimate of drug-likeness (QED) is 0.830. The molecule has 1 fully saturated rings. The van der Waals surface area contributed by atoms with Gasteiger partial charge in [0.05, 0.1) is 17.7 Å². The van der Waals surface area contributed by atoms with Crippen LogP contribution in [0.4, 0.5) is 0 Å². The topological polar surface area (TPSA) is 59.2 Å². The summed E-state index contributed by atoms with van der Waals surface area (Å²) in [5, 5.41) is 0. The van der Waals surface area contributed by atoms with Crippen LogP contribution in [0.5, 0.6) is 0 Å². The first kappa shape index (κ1) is 12.0. The summed E-state index contributed by atoms with van der Waals surface area (Å²) in [6.45, 7) is 3.74. The first-order chi connectivity index (χ1) is 8.22. The lowest BCUT2D eigenvalue weighted by atomic mass is 10.1. The van der Waals surface area contributed by atoms with Crippen LogP contribution >= 0.6 is 0 Å². The monoisotopic (exact) mass is 233 g/mol. The van der Waals surface area contributed by atoms with Crippen molar-refractivity contribution in [2.75, 3.05) is 13.1 Å². The maximum absolute atomic E-state index is 12.3. The number of hydrogen-bond donors (Lipinski definition) is 1. The van der Waals surface area contributed by atoms with Gasteiger partial charge in [-0.2, -0.15) is 0 Å². The predicted octanol–water partition coefficient (Wildman–Crippen LogP) is 1.17. The Morgan fingerprint density at radius 2 is 2.29 bits per heavy atom. The molecular weight excluding hydrogens is 214 g/mol. The molecule has 1 saturated carbocycles. The van der Waals surface area contributed by atoms with Crippen molar-refractivity contribution in [3.63, 3.8) is 0 Å². The van der Waals surface area contributed by atoms with Crippen molar-refractivity contribution in [3.8, 4) is 0 Å². The van der Waals surface area contributed by atoms with E-state index >= 15 is 0 Å². The molecule has 92 valence electrons. The molecule has 0 bridgehead atoms. The molecule has 1 amide bonds. The molecule has 0 aromatic carbocycles. The molecule has 1 aromatic heterocycles. The number of hydrogen-bond acceptors (Lipinski definition) is 3. The van der Waals surface area contributed by atoms with Gasteiger partial charge in [-0.05, 0) is 31.9 Å². The lowest BCUT2D eigenvalue weighted by molar-refractivity contribution is -0.137. The number of nitrogens with two attached hydrogens (primary N) is 1. The van der Waals surface area contributed by atoms with E-state index in [0.29, 0.717) is 19.6 Å². The van der Waals surface area contributed by atoms with Gasteiger partial charge in [-0.3, -0.25) is 9.78 Å². The van der Waals surface area contributed by atoms with Crippen LogP contribution < -0.4 is 5.73 Å². The Balaban J connectivity index is 2.05. The second kappa shape index (κ2) is 4.84. The summed E-state index contributed by atoms with van der Waals surface area (Å²) >= 11 is 0. The predicted molar refractivity (Wildman–Crippen MR) is 66.0 cm³/mol.